The summed E-state index contributed by atoms with van der Waals surface area (Å²) in [6.45, 7) is 1.62. The third-order valence-electron chi connectivity index (χ3n) is 4.81. The van der Waals surface area contributed by atoms with Crippen molar-refractivity contribution in [3.05, 3.63) is 16.8 Å². The topological polar surface area (TPSA) is 69.5 Å². The van der Waals surface area contributed by atoms with E-state index >= 15 is 0 Å². The highest BCUT2D eigenvalue weighted by Gasteiger charge is 2.32. The Kier molecular flexibility index (Phi) is 4.58. The van der Waals surface area contributed by atoms with Crippen molar-refractivity contribution in [3.63, 3.8) is 0 Å². The van der Waals surface area contributed by atoms with Crippen LogP contribution in [0.5, 0.6) is 0 Å². The van der Waals surface area contributed by atoms with E-state index in [-0.39, 0.29) is 12.0 Å². The minimum atomic E-state index is -0.355. The molecule has 0 saturated carbocycles. The fraction of sp³-hybridized carbons (Fsp3) is 0.588. The van der Waals surface area contributed by atoms with Crippen molar-refractivity contribution in [2.24, 2.45) is 7.05 Å². The van der Waals surface area contributed by atoms with E-state index in [9.17, 15) is 4.79 Å². The zero-order chi connectivity index (χ0) is 17.4. The van der Waals surface area contributed by atoms with E-state index < -0.39 is 0 Å². The highest BCUT2D eigenvalue weighted by molar-refractivity contribution is 7.16. The molecule has 134 valence electrons. The molecule has 2 aliphatic rings. The van der Waals surface area contributed by atoms with E-state index in [0.29, 0.717) is 19.8 Å². The highest BCUT2D eigenvalue weighted by atomic mass is 32.1. The number of aromatic nitrogens is 3. The molecule has 1 unspecified atom stereocenters. The number of ether oxygens (including phenoxy) is 2. The second kappa shape index (κ2) is 6.86. The van der Waals surface area contributed by atoms with E-state index in [0.717, 1.165) is 42.1 Å². The van der Waals surface area contributed by atoms with Gasteiger partial charge in [0, 0.05) is 36.9 Å². The van der Waals surface area contributed by atoms with Crippen LogP contribution in [0.1, 0.15) is 23.4 Å². The molecule has 1 amide bonds. The van der Waals surface area contributed by atoms with Gasteiger partial charge in [-0.1, -0.05) is 0 Å². The number of thiazole rings is 1. The number of fused-ring (bicyclic) bond motifs is 3. The van der Waals surface area contributed by atoms with Crippen LogP contribution in [0.15, 0.2) is 6.20 Å². The Labute approximate surface area is 150 Å². The summed E-state index contributed by atoms with van der Waals surface area (Å²) in [6, 6.07) is 0. The maximum atomic E-state index is 12.9. The number of hydrogen-bond donors (Lipinski definition) is 0. The second-order valence-corrected chi connectivity index (χ2v) is 7.44. The first-order valence-electron chi connectivity index (χ1n) is 8.62. The van der Waals surface area contributed by atoms with E-state index in [4.69, 9.17) is 14.5 Å². The largest absolute Gasteiger partial charge is 0.383 e. The van der Waals surface area contributed by atoms with Gasteiger partial charge in [-0.25, -0.2) is 4.98 Å². The highest BCUT2D eigenvalue weighted by Crippen LogP contribution is 2.39. The second-order valence-electron chi connectivity index (χ2n) is 6.38. The Morgan fingerprint density at radius 2 is 2.40 bits per heavy atom. The van der Waals surface area contributed by atoms with Crippen LogP contribution in [0, 0.1) is 0 Å². The minimum absolute atomic E-state index is 0.00735. The van der Waals surface area contributed by atoms with Crippen molar-refractivity contribution >= 4 is 22.4 Å². The van der Waals surface area contributed by atoms with Gasteiger partial charge in [-0.3, -0.25) is 14.4 Å². The molecule has 25 heavy (non-hydrogen) atoms. The average molecular weight is 362 g/mol. The quantitative estimate of drug-likeness (QED) is 0.811. The number of methoxy groups -OCH3 is 1. The summed E-state index contributed by atoms with van der Waals surface area (Å²) in [5.74, 6) is -0.00735. The molecular weight excluding hydrogens is 340 g/mol. The molecule has 1 aliphatic heterocycles. The van der Waals surface area contributed by atoms with Crippen LogP contribution in [0.25, 0.3) is 11.3 Å². The number of aryl methyl sites for hydroxylation is 2. The van der Waals surface area contributed by atoms with Gasteiger partial charge in [0.25, 0.3) is 5.91 Å². The number of rotatable bonds is 5. The van der Waals surface area contributed by atoms with E-state index in [1.165, 1.54) is 10.6 Å². The van der Waals surface area contributed by atoms with E-state index in [1.807, 2.05) is 17.9 Å². The average Bonchev–Trinajstić information content (AvgIpc) is 3.34. The lowest BCUT2D eigenvalue weighted by molar-refractivity contribution is -0.127. The maximum Gasteiger partial charge on any atom is 0.257 e. The molecule has 0 bridgehead atoms. The SMILES string of the molecule is COCCN(C(=O)C1CCCO1)c1nc2c(s1)CCc1c-2cnn1C. The van der Waals surface area contributed by atoms with Crippen LogP contribution in [0.3, 0.4) is 0 Å². The van der Waals surface area contributed by atoms with Gasteiger partial charge in [0.2, 0.25) is 0 Å². The Bertz CT molecular complexity index is 779. The van der Waals surface area contributed by atoms with Crippen molar-refractivity contribution in [1.82, 2.24) is 14.8 Å². The van der Waals surface area contributed by atoms with Gasteiger partial charge in [0.05, 0.1) is 25.0 Å². The fourth-order valence-electron chi connectivity index (χ4n) is 3.45. The lowest BCUT2D eigenvalue weighted by Gasteiger charge is -2.22. The fourth-order valence-corrected chi connectivity index (χ4v) is 4.56. The van der Waals surface area contributed by atoms with Gasteiger partial charge >= 0.3 is 0 Å². The summed E-state index contributed by atoms with van der Waals surface area (Å²) in [5.41, 5.74) is 3.26. The maximum absolute atomic E-state index is 12.9. The molecular formula is C17H22N4O3S. The predicted molar refractivity (Wildman–Crippen MR) is 94.9 cm³/mol. The number of hydrogen-bond acceptors (Lipinski definition) is 6. The van der Waals surface area contributed by atoms with Gasteiger partial charge in [0.15, 0.2) is 5.13 Å². The summed E-state index contributed by atoms with van der Waals surface area (Å²) in [5, 5.41) is 5.10. The lowest BCUT2D eigenvalue weighted by atomic mass is 10.0. The van der Waals surface area contributed by atoms with Crippen LogP contribution in [0.4, 0.5) is 5.13 Å². The first kappa shape index (κ1) is 16.7. The molecule has 1 aliphatic carbocycles. The number of anilines is 1. The third-order valence-corrected chi connectivity index (χ3v) is 5.95. The molecule has 1 atom stereocenters. The number of nitrogens with zero attached hydrogens (tertiary/aromatic N) is 4. The van der Waals surface area contributed by atoms with Crippen LogP contribution in [-0.4, -0.2) is 53.6 Å². The van der Waals surface area contributed by atoms with Crippen LogP contribution >= 0.6 is 11.3 Å². The molecule has 3 heterocycles. The monoisotopic (exact) mass is 362 g/mol. The van der Waals surface area contributed by atoms with Crippen molar-refractivity contribution in [2.45, 2.75) is 31.8 Å². The Balaban J connectivity index is 1.66. The first-order valence-corrected chi connectivity index (χ1v) is 9.43. The van der Waals surface area contributed by atoms with Crippen LogP contribution < -0.4 is 4.90 Å². The summed E-state index contributed by atoms with van der Waals surface area (Å²) >= 11 is 1.60. The summed E-state index contributed by atoms with van der Waals surface area (Å²) in [7, 11) is 3.60. The van der Waals surface area contributed by atoms with Gasteiger partial charge in [-0.15, -0.1) is 11.3 Å². The molecule has 0 spiro atoms. The Hall–Kier alpha value is -1.77. The van der Waals surface area contributed by atoms with E-state index in [2.05, 4.69) is 5.10 Å². The predicted octanol–water partition coefficient (Wildman–Crippen LogP) is 1.80. The van der Waals surface area contributed by atoms with Crippen LogP contribution in [-0.2, 0) is 34.2 Å². The summed E-state index contributed by atoms with van der Waals surface area (Å²) in [4.78, 5) is 20.7. The third kappa shape index (κ3) is 2.98. The number of carbonyl (C=O) groups excluding carboxylic acids is 1. The molecule has 8 heteroatoms. The molecule has 2 aromatic rings. The molecule has 2 aromatic heterocycles. The summed E-state index contributed by atoms with van der Waals surface area (Å²) < 4.78 is 12.7. The van der Waals surface area contributed by atoms with Gasteiger partial charge in [-0.05, 0) is 25.7 Å². The van der Waals surface area contributed by atoms with Gasteiger partial charge < -0.3 is 9.47 Å². The zero-order valence-corrected chi connectivity index (χ0v) is 15.3. The van der Waals surface area contributed by atoms with Crippen molar-refractivity contribution in [3.8, 4) is 11.3 Å². The number of carbonyl (C=O) groups is 1. The molecule has 1 fully saturated rings. The van der Waals surface area contributed by atoms with E-state index in [1.54, 1.807) is 23.3 Å². The summed E-state index contributed by atoms with van der Waals surface area (Å²) in [6.07, 6.45) is 5.12. The van der Waals surface area contributed by atoms with Gasteiger partial charge in [0.1, 0.15) is 6.10 Å². The molecule has 7 nitrogen and oxygen atoms in total. The lowest BCUT2D eigenvalue weighted by Crippen LogP contribution is -2.41. The molecule has 0 N–H and O–H groups in total. The molecule has 1 saturated heterocycles. The molecule has 0 aromatic carbocycles. The Morgan fingerprint density at radius 3 is 3.16 bits per heavy atom. The van der Waals surface area contributed by atoms with Crippen molar-refractivity contribution in [1.29, 1.82) is 0 Å². The number of amides is 1. The normalized spacial score (nSPS) is 18.9. The minimum Gasteiger partial charge on any atom is -0.383 e. The Morgan fingerprint density at radius 1 is 1.52 bits per heavy atom. The zero-order valence-electron chi connectivity index (χ0n) is 14.5. The van der Waals surface area contributed by atoms with Crippen molar-refractivity contribution < 1.29 is 14.3 Å². The molecule has 4 rings (SSSR count). The molecule has 0 radical (unpaired) electrons. The van der Waals surface area contributed by atoms with Gasteiger partial charge in [-0.2, -0.15) is 5.10 Å². The first-order chi connectivity index (χ1) is 12.2. The van der Waals surface area contributed by atoms with Crippen molar-refractivity contribution in [2.75, 3.05) is 31.8 Å². The standard InChI is InChI=1S/C17H22N4O3S/c1-20-12-5-6-14-15(11(12)10-18-20)19-17(25-14)21(7-9-23-2)16(22)13-4-3-8-24-13/h10,13H,3-9H2,1-2H3. The smallest absolute Gasteiger partial charge is 0.257 e. The van der Waals surface area contributed by atoms with Crippen LogP contribution in [0.2, 0.25) is 0 Å².